The molecule has 2 aromatic heterocycles. The summed E-state index contributed by atoms with van der Waals surface area (Å²) < 4.78 is 15.7. The number of nitrogen functional groups attached to an aromatic ring is 1. The van der Waals surface area contributed by atoms with E-state index in [1.807, 2.05) is 6.07 Å². The largest absolute Gasteiger partial charge is 0.382 e. The van der Waals surface area contributed by atoms with Gasteiger partial charge in [-0.05, 0) is 18.2 Å². The Kier molecular flexibility index (Phi) is 4.73. The van der Waals surface area contributed by atoms with Gasteiger partial charge in [0, 0.05) is 18.3 Å². The van der Waals surface area contributed by atoms with Crippen LogP contribution in [0.5, 0.6) is 0 Å². The van der Waals surface area contributed by atoms with E-state index < -0.39 is 5.82 Å². The fourth-order valence-corrected chi connectivity index (χ4v) is 2.48. The van der Waals surface area contributed by atoms with E-state index in [4.69, 9.17) is 28.5 Å². The van der Waals surface area contributed by atoms with Gasteiger partial charge in [0.1, 0.15) is 5.69 Å². The molecule has 0 aliphatic heterocycles. The van der Waals surface area contributed by atoms with E-state index in [0.29, 0.717) is 18.8 Å². The number of hydrogen-bond donors (Lipinski definition) is 3. The summed E-state index contributed by atoms with van der Waals surface area (Å²) in [5, 5.41) is 12.3. The zero-order valence-electron chi connectivity index (χ0n) is 13.1. The number of nitrogens with zero attached hydrogens (tertiary/aromatic N) is 4. The van der Waals surface area contributed by atoms with Crippen LogP contribution in [0.2, 0.25) is 5.02 Å². The van der Waals surface area contributed by atoms with Crippen molar-refractivity contribution in [1.82, 2.24) is 19.7 Å². The molecule has 0 amide bonds. The summed E-state index contributed by atoms with van der Waals surface area (Å²) in [5.41, 5.74) is 12.7. The average Bonchev–Trinajstić information content (AvgIpc) is 3.04. The molecule has 0 fully saturated rings. The van der Waals surface area contributed by atoms with Gasteiger partial charge in [0.25, 0.3) is 0 Å². The minimum absolute atomic E-state index is 0.0147. The molecular formula is C16H15ClFN7. The number of aromatic nitrogens is 4. The summed E-state index contributed by atoms with van der Waals surface area (Å²) in [4.78, 5) is 8.39. The van der Waals surface area contributed by atoms with E-state index in [9.17, 15) is 4.39 Å². The van der Waals surface area contributed by atoms with Gasteiger partial charge < -0.3 is 11.5 Å². The highest BCUT2D eigenvalue weighted by molar-refractivity contribution is 6.31. The molecule has 5 N–H and O–H groups in total. The lowest BCUT2D eigenvalue weighted by Gasteiger charge is -2.09. The van der Waals surface area contributed by atoms with Crippen LogP contribution in [0.4, 0.5) is 10.2 Å². The molecule has 0 aliphatic rings. The Morgan fingerprint density at radius 2 is 2.08 bits per heavy atom. The lowest BCUT2D eigenvalue weighted by atomic mass is 10.1. The Labute approximate surface area is 148 Å². The van der Waals surface area contributed by atoms with Gasteiger partial charge in [0.2, 0.25) is 0 Å². The maximum Gasteiger partial charge on any atom is 0.152 e. The van der Waals surface area contributed by atoms with Gasteiger partial charge in [0.05, 0.1) is 34.9 Å². The van der Waals surface area contributed by atoms with Crippen LogP contribution in [0.3, 0.4) is 0 Å². The highest BCUT2D eigenvalue weighted by Gasteiger charge is 2.17. The van der Waals surface area contributed by atoms with Crippen LogP contribution < -0.4 is 11.5 Å². The van der Waals surface area contributed by atoms with Crippen LogP contribution in [0.1, 0.15) is 22.6 Å². The third-order valence-electron chi connectivity index (χ3n) is 3.54. The summed E-state index contributed by atoms with van der Waals surface area (Å²) in [6, 6.07) is 6.21. The average molecular weight is 360 g/mol. The standard InChI is InChI=1S/C16H15ClFN7/c17-12-3-1-2-11(13(12)18)14(20)15-16(21)23-10(7-22-15)8-25-5-4-9(6-19)24-25/h1-5,7,20H,6,8,19H2,(H2,21,23). The number of anilines is 1. The molecule has 0 atom stereocenters. The third-order valence-corrected chi connectivity index (χ3v) is 3.83. The van der Waals surface area contributed by atoms with Crippen LogP contribution in [0.15, 0.2) is 36.7 Å². The summed E-state index contributed by atoms with van der Waals surface area (Å²) in [6.45, 7) is 0.707. The number of nitrogens with two attached hydrogens (primary N) is 2. The van der Waals surface area contributed by atoms with Crippen molar-refractivity contribution in [2.45, 2.75) is 13.1 Å². The maximum absolute atomic E-state index is 14.1. The van der Waals surface area contributed by atoms with Crippen molar-refractivity contribution in [2.75, 3.05) is 5.73 Å². The van der Waals surface area contributed by atoms with Crippen molar-refractivity contribution < 1.29 is 4.39 Å². The first-order valence-electron chi connectivity index (χ1n) is 7.36. The van der Waals surface area contributed by atoms with Crippen LogP contribution >= 0.6 is 11.6 Å². The normalized spacial score (nSPS) is 10.8. The number of nitrogens with one attached hydrogen (secondary N) is 1. The van der Waals surface area contributed by atoms with Crippen molar-refractivity contribution in [2.24, 2.45) is 5.73 Å². The van der Waals surface area contributed by atoms with Gasteiger partial charge in [-0.25, -0.2) is 14.4 Å². The van der Waals surface area contributed by atoms with Crippen LogP contribution in [0, 0.1) is 11.2 Å². The van der Waals surface area contributed by atoms with Crippen molar-refractivity contribution in [3.63, 3.8) is 0 Å². The molecule has 0 spiro atoms. The molecule has 128 valence electrons. The van der Waals surface area contributed by atoms with E-state index in [0.717, 1.165) is 5.69 Å². The van der Waals surface area contributed by atoms with E-state index in [1.54, 1.807) is 16.9 Å². The molecule has 0 saturated carbocycles. The predicted octanol–water partition coefficient (Wildman–Crippen LogP) is 1.97. The zero-order chi connectivity index (χ0) is 18.0. The summed E-state index contributed by atoms with van der Waals surface area (Å²) in [6.07, 6.45) is 3.25. The number of halogens is 2. The molecule has 3 rings (SSSR count). The van der Waals surface area contributed by atoms with Crippen LogP contribution in [0.25, 0.3) is 0 Å². The Balaban J connectivity index is 1.86. The first-order chi connectivity index (χ1) is 12.0. The molecule has 1 aromatic carbocycles. The molecule has 0 saturated heterocycles. The fourth-order valence-electron chi connectivity index (χ4n) is 2.30. The monoisotopic (exact) mass is 359 g/mol. The molecule has 2 heterocycles. The lowest BCUT2D eigenvalue weighted by molar-refractivity contribution is 0.625. The van der Waals surface area contributed by atoms with Gasteiger partial charge in [-0.2, -0.15) is 5.10 Å². The fraction of sp³-hybridized carbons (Fsp3) is 0.125. The number of benzene rings is 1. The molecule has 7 nitrogen and oxygen atoms in total. The van der Waals surface area contributed by atoms with Gasteiger partial charge in [-0.3, -0.25) is 10.1 Å². The van der Waals surface area contributed by atoms with Gasteiger partial charge >= 0.3 is 0 Å². The molecule has 0 unspecified atom stereocenters. The SMILES string of the molecule is N=C(c1cccc(Cl)c1F)c1ncc(Cn2ccc(CN)n2)nc1N. The highest BCUT2D eigenvalue weighted by atomic mass is 35.5. The van der Waals surface area contributed by atoms with Crippen molar-refractivity contribution in [3.05, 3.63) is 70.1 Å². The topological polar surface area (TPSA) is 119 Å². The van der Waals surface area contributed by atoms with E-state index in [-0.39, 0.29) is 27.8 Å². The lowest BCUT2D eigenvalue weighted by Crippen LogP contribution is -2.14. The van der Waals surface area contributed by atoms with Gasteiger partial charge in [-0.1, -0.05) is 17.7 Å². The summed E-state index contributed by atoms with van der Waals surface area (Å²) in [5.74, 6) is -0.654. The number of hydrogen-bond acceptors (Lipinski definition) is 6. The Bertz CT molecular complexity index is 938. The minimum Gasteiger partial charge on any atom is -0.382 e. The third kappa shape index (κ3) is 3.49. The minimum atomic E-state index is -0.690. The molecular weight excluding hydrogens is 345 g/mol. The van der Waals surface area contributed by atoms with E-state index in [2.05, 4.69) is 15.1 Å². The zero-order valence-corrected chi connectivity index (χ0v) is 13.8. The summed E-state index contributed by atoms with van der Waals surface area (Å²) in [7, 11) is 0. The molecule has 0 bridgehead atoms. The van der Waals surface area contributed by atoms with Gasteiger partial charge in [-0.15, -0.1) is 0 Å². The number of rotatable bonds is 5. The van der Waals surface area contributed by atoms with Crippen molar-refractivity contribution in [1.29, 1.82) is 5.41 Å². The molecule has 0 aliphatic carbocycles. The Morgan fingerprint density at radius 3 is 2.76 bits per heavy atom. The second kappa shape index (κ2) is 6.96. The maximum atomic E-state index is 14.1. The predicted molar refractivity (Wildman–Crippen MR) is 93.0 cm³/mol. The molecule has 3 aromatic rings. The second-order valence-electron chi connectivity index (χ2n) is 5.28. The Hall–Kier alpha value is -2.84. The second-order valence-corrected chi connectivity index (χ2v) is 5.69. The first kappa shape index (κ1) is 17.0. The van der Waals surface area contributed by atoms with Crippen LogP contribution in [-0.4, -0.2) is 25.5 Å². The molecule has 25 heavy (non-hydrogen) atoms. The van der Waals surface area contributed by atoms with E-state index in [1.165, 1.54) is 18.3 Å². The smallest absolute Gasteiger partial charge is 0.152 e. The molecule has 0 radical (unpaired) electrons. The summed E-state index contributed by atoms with van der Waals surface area (Å²) >= 11 is 5.76. The Morgan fingerprint density at radius 1 is 1.28 bits per heavy atom. The molecule has 9 heteroatoms. The van der Waals surface area contributed by atoms with Crippen molar-refractivity contribution >= 4 is 23.1 Å². The van der Waals surface area contributed by atoms with Crippen molar-refractivity contribution in [3.8, 4) is 0 Å². The van der Waals surface area contributed by atoms with E-state index >= 15 is 0 Å². The van der Waals surface area contributed by atoms with Gasteiger partial charge in [0.15, 0.2) is 11.6 Å². The van der Waals surface area contributed by atoms with Crippen LogP contribution in [-0.2, 0) is 13.1 Å². The highest BCUT2D eigenvalue weighted by Crippen LogP contribution is 2.21. The quantitative estimate of drug-likeness (QED) is 0.601. The first-order valence-corrected chi connectivity index (χ1v) is 7.74.